The topological polar surface area (TPSA) is 63.9 Å². The number of tetrazole rings is 1. The number of hydrogen-bond donors (Lipinski definition) is 0. The van der Waals surface area contributed by atoms with Crippen LogP contribution in [-0.4, -0.2) is 37.9 Å². The number of thioether (sulfide) groups is 1. The van der Waals surface area contributed by atoms with E-state index in [1.807, 2.05) is 18.2 Å². The molecule has 1 aliphatic heterocycles. The van der Waals surface area contributed by atoms with Crippen LogP contribution >= 0.6 is 23.4 Å². The summed E-state index contributed by atoms with van der Waals surface area (Å²) >= 11 is 7.54. The van der Waals surface area contributed by atoms with Gasteiger partial charge in [0.25, 0.3) is 0 Å². The highest BCUT2D eigenvalue weighted by molar-refractivity contribution is 8.00. The molecule has 1 aromatic heterocycles. The zero-order chi connectivity index (χ0) is 14.1. The number of rotatable bonds is 3. The van der Waals surface area contributed by atoms with Gasteiger partial charge in [0.15, 0.2) is 0 Å². The first-order chi connectivity index (χ1) is 9.66. The number of benzene rings is 1. The monoisotopic (exact) mass is 309 g/mol. The zero-order valence-corrected chi connectivity index (χ0v) is 12.3. The third-order valence-electron chi connectivity index (χ3n) is 3.13. The smallest absolute Gasteiger partial charge is 0.240 e. The lowest BCUT2D eigenvalue weighted by molar-refractivity contribution is -0.116. The van der Waals surface area contributed by atoms with E-state index in [-0.39, 0.29) is 11.2 Å². The van der Waals surface area contributed by atoms with E-state index in [9.17, 15) is 4.79 Å². The van der Waals surface area contributed by atoms with Gasteiger partial charge in [-0.15, -0.1) is 5.10 Å². The van der Waals surface area contributed by atoms with Crippen LogP contribution in [-0.2, 0) is 11.8 Å². The first-order valence-corrected chi connectivity index (χ1v) is 7.37. The Morgan fingerprint density at radius 3 is 2.90 bits per heavy atom. The van der Waals surface area contributed by atoms with E-state index in [1.54, 1.807) is 22.7 Å². The maximum absolute atomic E-state index is 12.5. The Bertz CT molecular complexity index is 646. The number of carbonyl (C=O) groups excluding carboxylic acids is 1. The number of aromatic nitrogens is 4. The van der Waals surface area contributed by atoms with Crippen molar-refractivity contribution in [2.45, 2.75) is 16.8 Å². The third kappa shape index (κ3) is 2.38. The van der Waals surface area contributed by atoms with Crippen LogP contribution in [0.15, 0.2) is 29.4 Å². The molecule has 1 fully saturated rings. The Labute approximate surface area is 125 Å². The fraction of sp³-hybridized carbons (Fsp3) is 0.333. The van der Waals surface area contributed by atoms with Gasteiger partial charge < -0.3 is 4.90 Å². The molecule has 0 aliphatic carbocycles. The number of anilines is 1. The minimum Gasteiger partial charge on any atom is -0.310 e. The average Bonchev–Trinajstić information content (AvgIpc) is 2.99. The van der Waals surface area contributed by atoms with Crippen molar-refractivity contribution in [3.05, 3.63) is 29.3 Å². The number of hydrogen-bond acceptors (Lipinski definition) is 5. The first kappa shape index (κ1) is 13.4. The number of para-hydroxylation sites is 1. The van der Waals surface area contributed by atoms with Crippen molar-refractivity contribution in [1.29, 1.82) is 0 Å². The molecule has 0 radical (unpaired) electrons. The van der Waals surface area contributed by atoms with Crippen LogP contribution in [0.1, 0.15) is 6.42 Å². The third-order valence-corrected chi connectivity index (χ3v) is 4.73. The van der Waals surface area contributed by atoms with E-state index in [0.29, 0.717) is 16.7 Å². The molecule has 2 heterocycles. The van der Waals surface area contributed by atoms with E-state index in [2.05, 4.69) is 15.5 Å². The summed E-state index contributed by atoms with van der Waals surface area (Å²) in [6.07, 6.45) is 0.752. The zero-order valence-electron chi connectivity index (χ0n) is 10.7. The fourth-order valence-corrected chi connectivity index (χ4v) is 3.34. The predicted octanol–water partition coefficient (Wildman–Crippen LogP) is 1.76. The van der Waals surface area contributed by atoms with Crippen LogP contribution < -0.4 is 4.90 Å². The average molecular weight is 310 g/mol. The molecule has 1 aromatic carbocycles. The molecular weight excluding hydrogens is 298 g/mol. The van der Waals surface area contributed by atoms with Crippen molar-refractivity contribution in [1.82, 2.24) is 20.2 Å². The molecule has 3 rings (SSSR count). The van der Waals surface area contributed by atoms with Crippen LogP contribution in [0.3, 0.4) is 0 Å². The highest BCUT2D eigenvalue weighted by Crippen LogP contribution is 2.34. The molecule has 0 N–H and O–H groups in total. The number of carbonyl (C=O) groups is 1. The Morgan fingerprint density at radius 2 is 2.20 bits per heavy atom. The van der Waals surface area contributed by atoms with Gasteiger partial charge in [0.05, 0.1) is 16.0 Å². The molecule has 104 valence electrons. The maximum Gasteiger partial charge on any atom is 0.240 e. The highest BCUT2D eigenvalue weighted by Gasteiger charge is 2.35. The molecular formula is C12H12ClN5OS. The van der Waals surface area contributed by atoms with Gasteiger partial charge in [0.1, 0.15) is 0 Å². The molecule has 1 aliphatic rings. The van der Waals surface area contributed by atoms with Crippen LogP contribution in [0.2, 0.25) is 5.02 Å². The molecule has 0 spiro atoms. The van der Waals surface area contributed by atoms with E-state index >= 15 is 0 Å². The quantitative estimate of drug-likeness (QED) is 0.864. The maximum atomic E-state index is 12.5. The second-order valence-corrected chi connectivity index (χ2v) is 6.00. The standard InChI is InChI=1S/C12H12ClN5OS/c1-17-12(14-15-16-17)20-10-6-7-18(11(10)19)9-5-3-2-4-8(9)13/h2-5,10H,6-7H2,1H3. The van der Waals surface area contributed by atoms with Gasteiger partial charge in [-0.3, -0.25) is 4.79 Å². The number of halogens is 1. The van der Waals surface area contributed by atoms with Crippen molar-refractivity contribution < 1.29 is 4.79 Å². The molecule has 1 unspecified atom stereocenters. The van der Waals surface area contributed by atoms with Crippen molar-refractivity contribution in [3.8, 4) is 0 Å². The van der Waals surface area contributed by atoms with Gasteiger partial charge in [0, 0.05) is 13.6 Å². The Hall–Kier alpha value is -1.60. The minimum absolute atomic E-state index is 0.0473. The molecule has 8 heteroatoms. The minimum atomic E-state index is -0.170. The number of aryl methyl sites for hydroxylation is 1. The molecule has 1 amide bonds. The summed E-state index contributed by atoms with van der Waals surface area (Å²) in [5, 5.41) is 12.3. The lowest BCUT2D eigenvalue weighted by atomic mass is 10.3. The van der Waals surface area contributed by atoms with Crippen LogP contribution in [0.5, 0.6) is 0 Å². The van der Waals surface area contributed by atoms with E-state index in [1.165, 1.54) is 11.8 Å². The lowest BCUT2D eigenvalue weighted by Crippen LogP contribution is -2.28. The summed E-state index contributed by atoms with van der Waals surface area (Å²) in [7, 11) is 1.76. The van der Waals surface area contributed by atoms with E-state index < -0.39 is 0 Å². The largest absolute Gasteiger partial charge is 0.310 e. The van der Waals surface area contributed by atoms with Gasteiger partial charge in [-0.1, -0.05) is 35.5 Å². The Balaban J connectivity index is 1.78. The summed E-state index contributed by atoms with van der Waals surface area (Å²) in [6, 6.07) is 7.37. The van der Waals surface area contributed by atoms with E-state index in [4.69, 9.17) is 11.6 Å². The molecule has 1 saturated heterocycles. The highest BCUT2D eigenvalue weighted by atomic mass is 35.5. The molecule has 6 nitrogen and oxygen atoms in total. The Morgan fingerprint density at radius 1 is 1.40 bits per heavy atom. The molecule has 0 bridgehead atoms. The van der Waals surface area contributed by atoms with Crippen LogP contribution in [0, 0.1) is 0 Å². The number of amides is 1. The fourth-order valence-electron chi connectivity index (χ4n) is 2.12. The van der Waals surface area contributed by atoms with Crippen LogP contribution in [0.25, 0.3) is 0 Å². The molecule has 20 heavy (non-hydrogen) atoms. The van der Waals surface area contributed by atoms with Gasteiger partial charge in [0.2, 0.25) is 11.1 Å². The second kappa shape index (κ2) is 5.41. The van der Waals surface area contributed by atoms with Gasteiger partial charge in [-0.2, -0.15) is 0 Å². The van der Waals surface area contributed by atoms with Crippen molar-refractivity contribution in [3.63, 3.8) is 0 Å². The van der Waals surface area contributed by atoms with Gasteiger partial charge >= 0.3 is 0 Å². The van der Waals surface area contributed by atoms with Crippen molar-refractivity contribution in [2.75, 3.05) is 11.4 Å². The van der Waals surface area contributed by atoms with Gasteiger partial charge in [-0.25, -0.2) is 4.68 Å². The summed E-state index contributed by atoms with van der Waals surface area (Å²) in [5.74, 6) is 0.0473. The van der Waals surface area contributed by atoms with E-state index in [0.717, 1.165) is 12.1 Å². The Kier molecular flexibility index (Phi) is 3.62. The van der Waals surface area contributed by atoms with Gasteiger partial charge in [-0.05, 0) is 29.0 Å². The predicted molar refractivity (Wildman–Crippen MR) is 76.9 cm³/mol. The summed E-state index contributed by atoms with van der Waals surface area (Å²) in [5.41, 5.74) is 0.762. The first-order valence-electron chi connectivity index (χ1n) is 6.12. The summed E-state index contributed by atoms with van der Waals surface area (Å²) in [4.78, 5) is 14.2. The summed E-state index contributed by atoms with van der Waals surface area (Å²) in [6.45, 7) is 0.658. The van der Waals surface area contributed by atoms with Crippen molar-refractivity contribution in [2.24, 2.45) is 7.05 Å². The normalized spacial score (nSPS) is 18.8. The SMILES string of the molecule is Cn1nnnc1SC1CCN(c2ccccc2Cl)C1=O. The number of nitrogens with zero attached hydrogens (tertiary/aromatic N) is 5. The lowest BCUT2D eigenvalue weighted by Gasteiger charge is -2.17. The molecule has 0 saturated carbocycles. The molecule has 2 aromatic rings. The molecule has 1 atom stereocenters. The summed E-state index contributed by atoms with van der Waals surface area (Å²) < 4.78 is 1.57. The van der Waals surface area contributed by atoms with Crippen molar-refractivity contribution >= 4 is 35.0 Å². The second-order valence-electron chi connectivity index (χ2n) is 4.42. The van der Waals surface area contributed by atoms with Crippen LogP contribution in [0.4, 0.5) is 5.69 Å².